The topological polar surface area (TPSA) is 0 Å². The van der Waals surface area contributed by atoms with E-state index in [0.717, 1.165) is 0 Å². The molecule has 0 fully saturated rings. The van der Waals surface area contributed by atoms with Crippen molar-refractivity contribution in [1.29, 1.82) is 0 Å². The average Bonchev–Trinajstić information content (AvgIpc) is 3.09. The molecule has 2 aromatic rings. The smallest absolute Gasteiger partial charge is 0.0167 e. The van der Waals surface area contributed by atoms with E-state index in [1.807, 2.05) is 0 Å². The van der Waals surface area contributed by atoms with Crippen LogP contribution >= 0.6 is 0 Å². The third-order valence-electron chi connectivity index (χ3n) is 6.50. The minimum absolute atomic E-state index is 0.100. The molecule has 0 spiro atoms. The second kappa shape index (κ2) is 8.13. The Hall–Kier alpha value is -1.82. The molecular weight excluding hydrogens is 348 g/mol. The molecule has 0 bridgehead atoms. The van der Waals surface area contributed by atoms with Crippen molar-refractivity contribution in [2.75, 3.05) is 0 Å². The highest BCUT2D eigenvalue weighted by atomic mass is 14.3. The zero-order chi connectivity index (χ0) is 21.5. The van der Waals surface area contributed by atoms with Crippen LogP contribution in [0.3, 0.4) is 0 Å². The largest absolute Gasteiger partial charge is 0.0648 e. The van der Waals surface area contributed by atoms with E-state index < -0.39 is 0 Å². The predicted octanol–water partition coefficient (Wildman–Crippen LogP) is 8.89. The SMILES string of the molecule is CCC(C)C1=Cc2c(ccc(C(C)(C)C)c2-c2cc(C(C)C)cc(C(C)C)c2)[CH]1. The van der Waals surface area contributed by atoms with E-state index in [-0.39, 0.29) is 5.41 Å². The van der Waals surface area contributed by atoms with Crippen LogP contribution < -0.4 is 0 Å². The zero-order valence-electron chi connectivity index (χ0n) is 20.0. The van der Waals surface area contributed by atoms with Crippen LogP contribution in [0, 0.1) is 12.3 Å². The van der Waals surface area contributed by atoms with Gasteiger partial charge in [0, 0.05) is 6.42 Å². The number of rotatable bonds is 5. The van der Waals surface area contributed by atoms with Gasteiger partial charge in [0.05, 0.1) is 0 Å². The molecule has 0 heterocycles. The van der Waals surface area contributed by atoms with Crippen LogP contribution in [-0.4, -0.2) is 0 Å². The van der Waals surface area contributed by atoms with Gasteiger partial charge in [-0.25, -0.2) is 0 Å². The Kier molecular flexibility index (Phi) is 6.13. The van der Waals surface area contributed by atoms with E-state index in [1.165, 1.54) is 50.9 Å². The van der Waals surface area contributed by atoms with Gasteiger partial charge in [-0.2, -0.15) is 0 Å². The molecule has 0 nitrogen and oxygen atoms in total. The summed E-state index contributed by atoms with van der Waals surface area (Å²) in [6, 6.07) is 12.0. The third kappa shape index (κ3) is 4.37. The van der Waals surface area contributed by atoms with Crippen molar-refractivity contribution in [2.45, 2.75) is 86.0 Å². The maximum Gasteiger partial charge on any atom is 0.0167 e. The molecule has 0 aromatic heterocycles. The van der Waals surface area contributed by atoms with E-state index in [4.69, 9.17) is 0 Å². The molecule has 0 amide bonds. The van der Waals surface area contributed by atoms with Gasteiger partial charge in [-0.1, -0.05) is 104 Å². The van der Waals surface area contributed by atoms with Crippen LogP contribution in [0.25, 0.3) is 17.2 Å². The summed E-state index contributed by atoms with van der Waals surface area (Å²) in [5.41, 5.74) is 11.5. The second-order valence-electron chi connectivity index (χ2n) is 10.5. The summed E-state index contributed by atoms with van der Waals surface area (Å²) < 4.78 is 0. The van der Waals surface area contributed by atoms with E-state index in [1.54, 1.807) is 0 Å². The third-order valence-corrected chi connectivity index (χ3v) is 6.50. The maximum absolute atomic E-state index is 2.46. The number of fused-ring (bicyclic) bond motifs is 1. The summed E-state index contributed by atoms with van der Waals surface area (Å²) in [7, 11) is 0. The van der Waals surface area contributed by atoms with E-state index in [9.17, 15) is 0 Å². The standard InChI is InChI=1S/C29H39/c1-10-20(6)24-13-21-11-12-27(29(7,8)9)28(26(21)17-24)25-15-22(18(2)3)14-23(16-25)19(4)5/h11-20H,10H2,1-9H3. The fourth-order valence-corrected chi connectivity index (χ4v) is 4.25. The van der Waals surface area contributed by atoms with Crippen LogP contribution in [-0.2, 0) is 5.41 Å². The molecule has 1 aliphatic rings. The number of allylic oxidation sites excluding steroid dienone is 1. The Morgan fingerprint density at radius 3 is 1.90 bits per heavy atom. The Bertz CT molecular complexity index is 890. The van der Waals surface area contributed by atoms with E-state index >= 15 is 0 Å². The first kappa shape index (κ1) is 21.9. The van der Waals surface area contributed by atoms with Crippen molar-refractivity contribution in [3.63, 3.8) is 0 Å². The monoisotopic (exact) mass is 387 g/mol. The molecular formula is C29H39. The molecule has 0 heteroatoms. The molecule has 1 atom stereocenters. The molecule has 29 heavy (non-hydrogen) atoms. The molecule has 0 saturated heterocycles. The second-order valence-corrected chi connectivity index (χ2v) is 10.5. The summed E-state index contributed by atoms with van der Waals surface area (Å²) in [4.78, 5) is 0. The van der Waals surface area contributed by atoms with Crippen molar-refractivity contribution in [3.05, 3.63) is 70.1 Å². The normalized spacial score (nSPS) is 15.1. The first-order valence-corrected chi connectivity index (χ1v) is 11.4. The van der Waals surface area contributed by atoms with Crippen molar-refractivity contribution >= 4 is 6.08 Å². The van der Waals surface area contributed by atoms with Gasteiger partial charge in [0.2, 0.25) is 0 Å². The van der Waals surface area contributed by atoms with Gasteiger partial charge < -0.3 is 0 Å². The molecule has 155 valence electrons. The lowest BCUT2D eigenvalue weighted by atomic mass is 9.78. The molecule has 0 saturated carbocycles. The van der Waals surface area contributed by atoms with Gasteiger partial charge in [0.1, 0.15) is 0 Å². The summed E-state index contributed by atoms with van der Waals surface area (Å²) in [5.74, 6) is 1.65. The highest BCUT2D eigenvalue weighted by Gasteiger charge is 2.27. The highest BCUT2D eigenvalue weighted by Crippen LogP contribution is 2.44. The molecule has 0 aliphatic heterocycles. The highest BCUT2D eigenvalue weighted by molar-refractivity contribution is 5.86. The fraction of sp³-hybridized carbons (Fsp3) is 0.483. The van der Waals surface area contributed by atoms with Crippen LogP contribution in [0.4, 0.5) is 0 Å². The fourth-order valence-electron chi connectivity index (χ4n) is 4.25. The molecule has 3 rings (SSSR count). The zero-order valence-corrected chi connectivity index (χ0v) is 20.0. The summed E-state index contributed by atoms with van der Waals surface area (Å²) in [5, 5.41) is 0. The van der Waals surface area contributed by atoms with E-state index in [0.29, 0.717) is 17.8 Å². The van der Waals surface area contributed by atoms with Crippen LogP contribution in [0.5, 0.6) is 0 Å². The number of hydrogen-bond acceptors (Lipinski definition) is 0. The van der Waals surface area contributed by atoms with Crippen molar-refractivity contribution in [3.8, 4) is 11.1 Å². The number of hydrogen-bond donors (Lipinski definition) is 0. The van der Waals surface area contributed by atoms with Crippen LogP contribution in [0.15, 0.2) is 35.9 Å². The van der Waals surface area contributed by atoms with Gasteiger partial charge in [-0.05, 0) is 68.5 Å². The van der Waals surface area contributed by atoms with Gasteiger partial charge in [0.15, 0.2) is 0 Å². The minimum atomic E-state index is 0.100. The van der Waals surface area contributed by atoms with Gasteiger partial charge in [0.25, 0.3) is 0 Å². The first-order valence-electron chi connectivity index (χ1n) is 11.4. The van der Waals surface area contributed by atoms with E-state index in [2.05, 4.69) is 105 Å². The summed E-state index contributed by atoms with van der Waals surface area (Å²) >= 11 is 0. The van der Waals surface area contributed by atoms with Gasteiger partial charge in [-0.15, -0.1) is 0 Å². The maximum atomic E-state index is 2.46. The Balaban J connectivity index is 2.32. The molecule has 0 N–H and O–H groups in total. The lowest BCUT2D eigenvalue weighted by Gasteiger charge is -2.26. The molecule has 1 aliphatic carbocycles. The van der Waals surface area contributed by atoms with Crippen LogP contribution in [0.2, 0.25) is 0 Å². The molecule has 1 radical (unpaired) electrons. The van der Waals surface area contributed by atoms with Crippen LogP contribution in [0.1, 0.15) is 108 Å². The summed E-state index contributed by atoms with van der Waals surface area (Å²) in [6.07, 6.45) is 6.05. The summed E-state index contributed by atoms with van der Waals surface area (Å²) in [6.45, 7) is 20.9. The number of benzene rings is 2. The Morgan fingerprint density at radius 2 is 1.41 bits per heavy atom. The lowest BCUT2D eigenvalue weighted by Crippen LogP contribution is -2.14. The Labute approximate surface area is 179 Å². The quantitative estimate of drug-likeness (QED) is 0.480. The molecule has 1 unspecified atom stereocenters. The first-order chi connectivity index (χ1) is 13.5. The van der Waals surface area contributed by atoms with Gasteiger partial charge >= 0.3 is 0 Å². The van der Waals surface area contributed by atoms with Crippen molar-refractivity contribution in [1.82, 2.24) is 0 Å². The van der Waals surface area contributed by atoms with Crippen molar-refractivity contribution < 1.29 is 0 Å². The van der Waals surface area contributed by atoms with Gasteiger partial charge in [-0.3, -0.25) is 0 Å². The lowest BCUT2D eigenvalue weighted by molar-refractivity contribution is 0.592. The Morgan fingerprint density at radius 1 is 0.828 bits per heavy atom. The average molecular weight is 388 g/mol. The minimum Gasteiger partial charge on any atom is -0.0648 e. The van der Waals surface area contributed by atoms with Crippen molar-refractivity contribution in [2.24, 2.45) is 5.92 Å². The molecule has 2 aromatic carbocycles. The predicted molar refractivity (Wildman–Crippen MR) is 130 cm³/mol.